The molecule has 3 aromatic heterocycles. The van der Waals surface area contributed by atoms with Gasteiger partial charge in [0.05, 0.1) is 23.6 Å². The summed E-state index contributed by atoms with van der Waals surface area (Å²) in [6.07, 6.45) is 9.75. The molecule has 3 aromatic rings. The molecule has 0 spiro atoms. The first-order valence-electron chi connectivity index (χ1n) is 12.5. The van der Waals surface area contributed by atoms with E-state index in [4.69, 9.17) is 0 Å². The van der Waals surface area contributed by atoms with Crippen LogP contribution in [0.2, 0.25) is 0 Å². The third-order valence-electron chi connectivity index (χ3n) is 6.00. The maximum absolute atomic E-state index is 13.0. The van der Waals surface area contributed by atoms with Crippen molar-refractivity contribution < 1.29 is 4.79 Å². The van der Waals surface area contributed by atoms with Crippen LogP contribution in [0.4, 0.5) is 5.82 Å². The molecule has 1 aliphatic heterocycles. The van der Waals surface area contributed by atoms with Gasteiger partial charge >= 0.3 is 0 Å². The van der Waals surface area contributed by atoms with Crippen LogP contribution in [0.25, 0.3) is 16.5 Å². The Morgan fingerprint density at radius 1 is 1.13 bits per heavy atom. The van der Waals surface area contributed by atoms with Gasteiger partial charge in [-0.05, 0) is 77.7 Å². The van der Waals surface area contributed by atoms with Crippen molar-refractivity contribution in [3.8, 4) is 0 Å². The van der Waals surface area contributed by atoms with Crippen molar-refractivity contribution in [1.29, 1.82) is 0 Å². The van der Waals surface area contributed by atoms with Crippen LogP contribution in [-0.4, -0.2) is 63.9 Å². The second kappa shape index (κ2) is 11.4. The van der Waals surface area contributed by atoms with E-state index in [9.17, 15) is 4.79 Å². The summed E-state index contributed by atoms with van der Waals surface area (Å²) in [6.45, 7) is 13.5. The minimum Gasteiger partial charge on any atom is -0.364 e. The molecule has 4 heterocycles. The number of nitrogens with one attached hydrogen (secondary N) is 2. The van der Waals surface area contributed by atoms with Gasteiger partial charge in [-0.2, -0.15) is 0 Å². The third-order valence-corrected chi connectivity index (χ3v) is 6.00. The molecule has 196 valence electrons. The van der Waals surface area contributed by atoms with Crippen molar-refractivity contribution in [3.63, 3.8) is 0 Å². The second-order valence-corrected chi connectivity index (χ2v) is 10.4. The monoisotopic (exact) mass is 510 g/mol. The van der Waals surface area contributed by atoms with E-state index < -0.39 is 0 Å². The van der Waals surface area contributed by atoms with Crippen molar-refractivity contribution in [3.05, 3.63) is 77.8 Å². The molecule has 0 saturated carbocycles. The van der Waals surface area contributed by atoms with Gasteiger partial charge in [0, 0.05) is 53.2 Å². The molecule has 9 heteroatoms. The number of likely N-dealkylation sites (N-methyl/N-ethyl adjacent to an activating group) is 1. The Hall–Kier alpha value is -4.24. The van der Waals surface area contributed by atoms with Crippen LogP contribution in [0, 0.1) is 0 Å². The molecule has 0 aromatic carbocycles. The number of amides is 1. The number of hydrogen-bond donors (Lipinski definition) is 2. The first-order chi connectivity index (χ1) is 18.1. The fourth-order valence-corrected chi connectivity index (χ4v) is 4.04. The summed E-state index contributed by atoms with van der Waals surface area (Å²) < 4.78 is 0. The van der Waals surface area contributed by atoms with E-state index in [0.717, 1.165) is 53.0 Å². The summed E-state index contributed by atoms with van der Waals surface area (Å²) in [6, 6.07) is 7.34. The van der Waals surface area contributed by atoms with Gasteiger partial charge < -0.3 is 15.5 Å². The highest BCUT2D eigenvalue weighted by atomic mass is 16.1. The second-order valence-electron chi connectivity index (χ2n) is 10.4. The molecule has 1 amide bonds. The van der Waals surface area contributed by atoms with E-state index in [1.54, 1.807) is 30.9 Å². The number of carbonyl (C=O) groups is 1. The predicted octanol–water partition coefficient (Wildman–Crippen LogP) is 4.69. The minimum atomic E-state index is -0.240. The van der Waals surface area contributed by atoms with Crippen LogP contribution in [0.15, 0.2) is 70.9 Å². The van der Waals surface area contributed by atoms with Crippen LogP contribution >= 0.6 is 0 Å². The topological polar surface area (TPSA) is 108 Å². The summed E-state index contributed by atoms with van der Waals surface area (Å²) in [5.41, 5.74) is 4.68. The number of anilines is 1. The van der Waals surface area contributed by atoms with Crippen molar-refractivity contribution in [2.75, 3.05) is 25.5 Å². The maximum Gasteiger partial charge on any atom is 0.256 e. The van der Waals surface area contributed by atoms with Crippen LogP contribution in [0.3, 0.4) is 0 Å². The maximum atomic E-state index is 13.0. The van der Waals surface area contributed by atoms with Crippen LogP contribution in [0.1, 0.15) is 55.7 Å². The van der Waals surface area contributed by atoms with Gasteiger partial charge in [0.2, 0.25) is 0 Å². The summed E-state index contributed by atoms with van der Waals surface area (Å²) >= 11 is 0. The zero-order chi connectivity index (χ0) is 27.3. The molecule has 0 aliphatic carbocycles. The minimum absolute atomic E-state index is 0.180. The van der Waals surface area contributed by atoms with Crippen molar-refractivity contribution in [2.45, 2.75) is 39.7 Å². The van der Waals surface area contributed by atoms with E-state index in [2.05, 4.69) is 60.3 Å². The highest BCUT2D eigenvalue weighted by Crippen LogP contribution is 2.22. The Balaban J connectivity index is 1.55. The summed E-state index contributed by atoms with van der Waals surface area (Å²) in [5, 5.41) is 7.07. The molecule has 0 bridgehead atoms. The average Bonchev–Trinajstić information content (AvgIpc) is 2.88. The standard InChI is InChI=1S/C29H34N8O/c1-19(34-27(18-30-5)36-29(2,3)4)23-13-22-15-26(33-17-25(22)32-16-23)35-28(38)21-7-10-31-24(14-21)20-8-11-37(6)12-9-20/h7-8,10,13-18,36H,5,9,11-12H2,1-4,6H3,(H,33,35,38)/b27-18+,34-19+. The van der Waals surface area contributed by atoms with Crippen molar-refractivity contribution >= 4 is 40.6 Å². The van der Waals surface area contributed by atoms with Gasteiger partial charge in [-0.3, -0.25) is 19.8 Å². The van der Waals surface area contributed by atoms with Crippen LogP contribution in [-0.2, 0) is 0 Å². The van der Waals surface area contributed by atoms with Gasteiger partial charge in [0.25, 0.3) is 5.91 Å². The number of pyridine rings is 3. The lowest BCUT2D eigenvalue weighted by Crippen LogP contribution is -2.34. The molecule has 0 atom stereocenters. The Bertz CT molecular complexity index is 1450. The van der Waals surface area contributed by atoms with Crippen molar-refractivity contribution in [1.82, 2.24) is 25.2 Å². The zero-order valence-electron chi connectivity index (χ0n) is 22.6. The Labute approximate surface area is 223 Å². The molecule has 9 nitrogen and oxygen atoms in total. The molecule has 0 radical (unpaired) electrons. The number of aliphatic imine (C=N–C) groups is 2. The lowest BCUT2D eigenvalue weighted by Gasteiger charge is -2.22. The van der Waals surface area contributed by atoms with Gasteiger partial charge in [0.1, 0.15) is 11.6 Å². The Morgan fingerprint density at radius 2 is 1.95 bits per heavy atom. The molecule has 4 rings (SSSR count). The number of hydrogen-bond acceptors (Lipinski definition) is 8. The summed E-state index contributed by atoms with van der Waals surface area (Å²) in [5.74, 6) is 0.815. The first kappa shape index (κ1) is 26.8. The molecule has 1 aliphatic rings. The average molecular weight is 511 g/mol. The van der Waals surface area contributed by atoms with Crippen molar-refractivity contribution in [2.24, 2.45) is 9.98 Å². The Kier molecular flexibility index (Phi) is 8.07. The Morgan fingerprint density at radius 3 is 2.66 bits per heavy atom. The van der Waals surface area contributed by atoms with Crippen LogP contribution < -0.4 is 10.6 Å². The van der Waals surface area contributed by atoms with Gasteiger partial charge in [-0.15, -0.1) is 0 Å². The first-order valence-corrected chi connectivity index (χ1v) is 12.5. The van der Waals surface area contributed by atoms with E-state index in [0.29, 0.717) is 17.2 Å². The quantitative estimate of drug-likeness (QED) is 0.447. The van der Waals surface area contributed by atoms with E-state index >= 15 is 0 Å². The molecule has 0 fully saturated rings. The molecule has 2 N–H and O–H groups in total. The highest BCUT2D eigenvalue weighted by Gasteiger charge is 2.15. The molecular formula is C29H34N8O. The number of aromatic nitrogens is 3. The summed E-state index contributed by atoms with van der Waals surface area (Å²) in [7, 11) is 2.09. The largest absolute Gasteiger partial charge is 0.364 e. The van der Waals surface area contributed by atoms with E-state index in [-0.39, 0.29) is 11.4 Å². The number of rotatable bonds is 7. The molecule has 0 unspecified atom stereocenters. The van der Waals surface area contributed by atoms with Crippen LogP contribution in [0.5, 0.6) is 0 Å². The van der Waals surface area contributed by atoms with E-state index in [1.807, 2.05) is 45.9 Å². The number of carbonyl (C=O) groups excluding carboxylic acids is 1. The van der Waals surface area contributed by atoms with Gasteiger partial charge in [0.15, 0.2) is 0 Å². The normalized spacial score (nSPS) is 15.2. The van der Waals surface area contributed by atoms with Gasteiger partial charge in [-0.1, -0.05) is 6.08 Å². The summed E-state index contributed by atoms with van der Waals surface area (Å²) in [4.78, 5) is 37.2. The fourth-order valence-electron chi connectivity index (χ4n) is 4.04. The molecule has 0 saturated heterocycles. The predicted molar refractivity (Wildman–Crippen MR) is 155 cm³/mol. The smallest absolute Gasteiger partial charge is 0.256 e. The lowest BCUT2D eigenvalue weighted by molar-refractivity contribution is 0.102. The zero-order valence-corrected chi connectivity index (χ0v) is 22.6. The highest BCUT2D eigenvalue weighted by molar-refractivity contribution is 6.05. The molecular weight excluding hydrogens is 476 g/mol. The molecule has 38 heavy (non-hydrogen) atoms. The van der Waals surface area contributed by atoms with Gasteiger partial charge in [-0.25, -0.2) is 9.98 Å². The number of nitrogens with zero attached hydrogens (tertiary/aromatic N) is 6. The van der Waals surface area contributed by atoms with E-state index in [1.165, 1.54) is 0 Å². The number of fused-ring (bicyclic) bond motifs is 1. The lowest BCUT2D eigenvalue weighted by atomic mass is 10.0. The fraction of sp³-hybridized carbons (Fsp3) is 0.310. The SMILES string of the molecule is C=N/C=C(\N=C(/C)c1cnc2cnc(NC(=O)c3ccnc(C4=CCN(C)CC4)c3)cc2c1)NC(C)(C)C. The third kappa shape index (κ3) is 6.95.